The number of aryl methyl sites for hydroxylation is 1. The second-order valence-electron chi connectivity index (χ2n) is 4.96. The summed E-state index contributed by atoms with van der Waals surface area (Å²) in [6, 6.07) is 4.44. The van der Waals surface area contributed by atoms with Gasteiger partial charge in [0.05, 0.1) is 19.3 Å². The minimum Gasteiger partial charge on any atom is -0.496 e. The Hall–Kier alpha value is -1.06. The van der Waals surface area contributed by atoms with E-state index in [-0.39, 0.29) is 12.1 Å². The smallest absolute Gasteiger partial charge is 0.126 e. The predicted molar refractivity (Wildman–Crippen MR) is 80.0 cm³/mol. The van der Waals surface area contributed by atoms with Crippen LogP contribution in [0.2, 0.25) is 0 Å². The minimum atomic E-state index is 0.152. The van der Waals surface area contributed by atoms with Gasteiger partial charge in [-0.3, -0.25) is 0 Å². The summed E-state index contributed by atoms with van der Waals surface area (Å²) in [5.41, 5.74) is 3.62. The summed E-state index contributed by atoms with van der Waals surface area (Å²) < 4.78 is 11.3. The average molecular weight is 265 g/mol. The number of likely N-dealkylation sites (N-methyl/N-ethyl adjacent to an activating group) is 1. The third-order valence-electron chi connectivity index (χ3n) is 3.81. The third-order valence-corrected chi connectivity index (χ3v) is 3.81. The van der Waals surface area contributed by atoms with Crippen molar-refractivity contribution >= 4 is 0 Å². The number of benzene rings is 1. The zero-order chi connectivity index (χ0) is 14.4. The molecule has 0 radical (unpaired) electrons. The van der Waals surface area contributed by atoms with Crippen molar-refractivity contribution in [1.82, 2.24) is 5.32 Å². The van der Waals surface area contributed by atoms with Gasteiger partial charge in [-0.1, -0.05) is 25.5 Å². The van der Waals surface area contributed by atoms with E-state index in [0.717, 1.165) is 18.6 Å². The average Bonchev–Trinajstić information content (AvgIpc) is 2.42. The molecule has 0 amide bonds. The molecule has 0 heterocycles. The maximum Gasteiger partial charge on any atom is 0.126 e. The molecule has 3 heteroatoms. The summed E-state index contributed by atoms with van der Waals surface area (Å²) in [6.07, 6.45) is 2.29. The minimum absolute atomic E-state index is 0.152. The van der Waals surface area contributed by atoms with Crippen molar-refractivity contribution in [2.24, 2.45) is 0 Å². The van der Waals surface area contributed by atoms with Gasteiger partial charge in [0.1, 0.15) is 5.75 Å². The van der Waals surface area contributed by atoms with Gasteiger partial charge in [0.2, 0.25) is 0 Å². The fourth-order valence-corrected chi connectivity index (χ4v) is 2.57. The van der Waals surface area contributed by atoms with E-state index in [1.165, 1.54) is 16.7 Å². The van der Waals surface area contributed by atoms with Gasteiger partial charge in [-0.15, -0.1) is 0 Å². The first-order chi connectivity index (χ1) is 9.10. The molecule has 19 heavy (non-hydrogen) atoms. The van der Waals surface area contributed by atoms with Crippen LogP contribution in [-0.4, -0.2) is 27.4 Å². The SMILES string of the molecule is CCCC(OC)C(NC)c1ccc(C)c(C)c1OC. The Kier molecular flexibility index (Phi) is 6.32. The molecule has 0 aromatic heterocycles. The van der Waals surface area contributed by atoms with E-state index in [4.69, 9.17) is 9.47 Å². The standard InChI is InChI=1S/C16H27NO2/c1-7-8-14(18-5)15(17-4)13-10-9-11(2)12(3)16(13)19-6/h9-10,14-15,17H,7-8H2,1-6H3. The van der Waals surface area contributed by atoms with Crippen molar-refractivity contribution in [2.75, 3.05) is 21.3 Å². The van der Waals surface area contributed by atoms with Crippen LogP contribution in [0.1, 0.15) is 42.5 Å². The maximum absolute atomic E-state index is 5.65. The molecule has 1 aromatic rings. The van der Waals surface area contributed by atoms with Crippen LogP contribution in [0.5, 0.6) is 5.75 Å². The van der Waals surface area contributed by atoms with Crippen LogP contribution in [0.3, 0.4) is 0 Å². The van der Waals surface area contributed by atoms with E-state index in [1.807, 2.05) is 7.05 Å². The third kappa shape index (κ3) is 3.48. The molecule has 2 unspecified atom stereocenters. The van der Waals surface area contributed by atoms with E-state index in [1.54, 1.807) is 14.2 Å². The fraction of sp³-hybridized carbons (Fsp3) is 0.625. The van der Waals surface area contributed by atoms with Crippen molar-refractivity contribution < 1.29 is 9.47 Å². The molecule has 0 saturated heterocycles. The van der Waals surface area contributed by atoms with Crippen LogP contribution >= 0.6 is 0 Å². The highest BCUT2D eigenvalue weighted by atomic mass is 16.5. The molecule has 0 aliphatic carbocycles. The molecule has 0 fully saturated rings. The lowest BCUT2D eigenvalue weighted by Crippen LogP contribution is -2.31. The zero-order valence-corrected chi connectivity index (χ0v) is 13.0. The molecular formula is C16H27NO2. The maximum atomic E-state index is 5.65. The van der Waals surface area contributed by atoms with E-state index in [0.29, 0.717) is 0 Å². The van der Waals surface area contributed by atoms with Crippen molar-refractivity contribution in [2.45, 2.75) is 45.8 Å². The second-order valence-corrected chi connectivity index (χ2v) is 4.96. The van der Waals surface area contributed by atoms with Gasteiger partial charge in [-0.05, 0) is 38.4 Å². The van der Waals surface area contributed by atoms with Gasteiger partial charge in [0.15, 0.2) is 0 Å². The van der Waals surface area contributed by atoms with Gasteiger partial charge < -0.3 is 14.8 Å². The highest BCUT2D eigenvalue weighted by Gasteiger charge is 2.24. The van der Waals surface area contributed by atoms with Gasteiger partial charge in [-0.2, -0.15) is 0 Å². The van der Waals surface area contributed by atoms with Crippen molar-refractivity contribution in [1.29, 1.82) is 0 Å². The van der Waals surface area contributed by atoms with Gasteiger partial charge >= 0.3 is 0 Å². The number of hydrogen-bond donors (Lipinski definition) is 1. The molecule has 2 atom stereocenters. The van der Waals surface area contributed by atoms with Crippen LogP contribution in [0, 0.1) is 13.8 Å². The Bertz CT molecular complexity index is 404. The highest BCUT2D eigenvalue weighted by molar-refractivity contribution is 5.47. The lowest BCUT2D eigenvalue weighted by atomic mass is 9.94. The first kappa shape index (κ1) is 16.0. The molecule has 0 bridgehead atoms. The van der Waals surface area contributed by atoms with Gasteiger partial charge in [-0.25, -0.2) is 0 Å². The molecule has 1 N–H and O–H groups in total. The Morgan fingerprint density at radius 2 is 1.89 bits per heavy atom. The molecule has 0 saturated carbocycles. The number of nitrogens with one attached hydrogen (secondary N) is 1. The Balaban J connectivity index is 3.20. The lowest BCUT2D eigenvalue weighted by molar-refractivity contribution is 0.0622. The molecular weight excluding hydrogens is 238 g/mol. The summed E-state index contributed by atoms with van der Waals surface area (Å²) in [7, 11) is 5.48. The Labute approximate surface area is 117 Å². The molecule has 0 aliphatic heterocycles. The number of methoxy groups -OCH3 is 2. The molecule has 108 valence electrons. The molecule has 0 aliphatic rings. The number of ether oxygens (including phenoxy) is 2. The first-order valence-electron chi connectivity index (χ1n) is 6.94. The highest BCUT2D eigenvalue weighted by Crippen LogP contribution is 2.33. The number of rotatable bonds is 7. The molecule has 0 spiro atoms. The zero-order valence-electron chi connectivity index (χ0n) is 13.0. The Morgan fingerprint density at radius 3 is 2.37 bits per heavy atom. The van der Waals surface area contributed by atoms with E-state index >= 15 is 0 Å². The summed E-state index contributed by atoms with van der Waals surface area (Å²) in [4.78, 5) is 0. The normalized spacial score (nSPS) is 14.2. The van der Waals surface area contributed by atoms with Gasteiger partial charge in [0, 0.05) is 12.7 Å². The fourth-order valence-electron chi connectivity index (χ4n) is 2.57. The molecule has 1 aromatic carbocycles. The second kappa shape index (κ2) is 7.51. The molecule has 3 nitrogen and oxygen atoms in total. The van der Waals surface area contributed by atoms with Crippen molar-refractivity contribution in [3.8, 4) is 5.75 Å². The predicted octanol–water partition coefficient (Wildman–Crippen LogP) is 3.39. The monoisotopic (exact) mass is 265 g/mol. The van der Waals surface area contributed by atoms with Crippen LogP contribution in [-0.2, 0) is 4.74 Å². The summed E-state index contributed by atoms with van der Waals surface area (Å²) >= 11 is 0. The van der Waals surface area contributed by atoms with Crippen LogP contribution in [0.25, 0.3) is 0 Å². The van der Waals surface area contributed by atoms with Gasteiger partial charge in [0.25, 0.3) is 0 Å². The van der Waals surface area contributed by atoms with Crippen molar-refractivity contribution in [3.05, 3.63) is 28.8 Å². The summed E-state index contributed by atoms with van der Waals surface area (Å²) in [5.74, 6) is 0.970. The Morgan fingerprint density at radius 1 is 1.21 bits per heavy atom. The first-order valence-corrected chi connectivity index (χ1v) is 6.94. The lowest BCUT2D eigenvalue weighted by Gasteiger charge is -2.28. The van der Waals surface area contributed by atoms with Crippen LogP contribution in [0.4, 0.5) is 0 Å². The number of hydrogen-bond acceptors (Lipinski definition) is 3. The van der Waals surface area contributed by atoms with E-state index in [2.05, 4.69) is 38.2 Å². The topological polar surface area (TPSA) is 30.5 Å². The quantitative estimate of drug-likeness (QED) is 0.819. The van der Waals surface area contributed by atoms with Crippen molar-refractivity contribution in [3.63, 3.8) is 0 Å². The van der Waals surface area contributed by atoms with E-state index < -0.39 is 0 Å². The molecule has 1 rings (SSSR count). The summed E-state index contributed by atoms with van der Waals surface area (Å²) in [6.45, 7) is 6.39. The van der Waals surface area contributed by atoms with E-state index in [9.17, 15) is 0 Å². The summed E-state index contributed by atoms with van der Waals surface area (Å²) in [5, 5.41) is 3.37. The largest absolute Gasteiger partial charge is 0.496 e. The van der Waals surface area contributed by atoms with Crippen LogP contribution < -0.4 is 10.1 Å². The van der Waals surface area contributed by atoms with Crippen LogP contribution in [0.15, 0.2) is 12.1 Å².